The number of aliphatic carboxylic acids is 1. The molecule has 1 aromatic carbocycles. The molecule has 0 radical (unpaired) electrons. The number of fused-ring (bicyclic) bond motifs is 1. The molecule has 3 aromatic rings. The van der Waals surface area contributed by atoms with E-state index < -0.39 is 11.6 Å². The molecule has 0 amide bonds. The Morgan fingerprint density at radius 3 is 2.45 bits per heavy atom. The number of carbonyl (C=O) groups is 1. The van der Waals surface area contributed by atoms with E-state index in [0.717, 1.165) is 46.4 Å². The number of ether oxygens (including phenoxy) is 2. The molecule has 0 atom stereocenters. The third-order valence-electron chi connectivity index (χ3n) is 5.62. The molecule has 2 aromatic heterocycles. The van der Waals surface area contributed by atoms with Crippen LogP contribution in [-0.4, -0.2) is 33.8 Å². The van der Waals surface area contributed by atoms with E-state index in [9.17, 15) is 9.90 Å². The highest BCUT2D eigenvalue weighted by atomic mass is 16.5. The first kappa shape index (κ1) is 19.2. The van der Waals surface area contributed by atoms with Crippen LogP contribution in [0.25, 0.3) is 22.3 Å². The second kappa shape index (κ2) is 7.35. The lowest BCUT2D eigenvalue weighted by atomic mass is 10.0. The van der Waals surface area contributed by atoms with Gasteiger partial charge in [0.15, 0.2) is 0 Å². The average Bonchev–Trinajstić information content (AvgIpc) is 3.18. The second-order valence-electron chi connectivity index (χ2n) is 7.57. The van der Waals surface area contributed by atoms with Gasteiger partial charge in [-0.15, -0.1) is 0 Å². The van der Waals surface area contributed by atoms with Gasteiger partial charge in [-0.1, -0.05) is 6.07 Å². The zero-order valence-corrected chi connectivity index (χ0v) is 16.9. The quantitative estimate of drug-likeness (QED) is 0.678. The Labute approximate surface area is 169 Å². The SMILES string of the molecule is COc1ccc2c(OC3(C(=O)O)CCCC3)cc(-c3cccc(C)n3)nc2c1C. The van der Waals surface area contributed by atoms with Gasteiger partial charge in [-0.25, -0.2) is 9.78 Å². The number of methoxy groups -OCH3 is 1. The van der Waals surface area contributed by atoms with Gasteiger partial charge in [0.05, 0.1) is 24.0 Å². The fraction of sp³-hybridized carbons (Fsp3) is 0.348. The number of pyridine rings is 2. The number of hydrogen-bond acceptors (Lipinski definition) is 5. The van der Waals surface area contributed by atoms with Crippen LogP contribution in [0.3, 0.4) is 0 Å². The highest BCUT2D eigenvalue weighted by molar-refractivity contribution is 5.92. The molecule has 1 saturated carbocycles. The summed E-state index contributed by atoms with van der Waals surface area (Å²) in [6.45, 7) is 3.86. The molecule has 1 fully saturated rings. The summed E-state index contributed by atoms with van der Waals surface area (Å²) in [6.07, 6.45) is 2.68. The van der Waals surface area contributed by atoms with Crippen molar-refractivity contribution < 1.29 is 19.4 Å². The van der Waals surface area contributed by atoms with Crippen LogP contribution in [0.5, 0.6) is 11.5 Å². The molecule has 150 valence electrons. The number of benzene rings is 1. The van der Waals surface area contributed by atoms with E-state index in [1.165, 1.54) is 0 Å². The minimum Gasteiger partial charge on any atom is -0.496 e. The van der Waals surface area contributed by atoms with Crippen LogP contribution in [0.1, 0.15) is 36.9 Å². The third kappa shape index (κ3) is 3.39. The van der Waals surface area contributed by atoms with Crippen molar-refractivity contribution in [3.8, 4) is 22.9 Å². The van der Waals surface area contributed by atoms with E-state index in [2.05, 4.69) is 4.98 Å². The van der Waals surface area contributed by atoms with Crippen LogP contribution in [0, 0.1) is 13.8 Å². The molecule has 1 aliphatic rings. The van der Waals surface area contributed by atoms with E-state index in [1.807, 2.05) is 44.2 Å². The molecule has 1 aliphatic carbocycles. The number of hydrogen-bond donors (Lipinski definition) is 1. The summed E-state index contributed by atoms with van der Waals surface area (Å²) >= 11 is 0. The van der Waals surface area contributed by atoms with E-state index in [1.54, 1.807) is 13.2 Å². The zero-order chi connectivity index (χ0) is 20.6. The van der Waals surface area contributed by atoms with Crippen molar-refractivity contribution in [2.75, 3.05) is 7.11 Å². The van der Waals surface area contributed by atoms with Crippen LogP contribution in [-0.2, 0) is 4.79 Å². The van der Waals surface area contributed by atoms with Gasteiger partial charge in [0.2, 0.25) is 5.60 Å². The molecule has 4 rings (SSSR count). The van der Waals surface area contributed by atoms with Crippen molar-refractivity contribution in [1.29, 1.82) is 0 Å². The van der Waals surface area contributed by atoms with Gasteiger partial charge in [0.25, 0.3) is 0 Å². The fourth-order valence-corrected chi connectivity index (χ4v) is 4.02. The van der Waals surface area contributed by atoms with Gasteiger partial charge < -0.3 is 14.6 Å². The summed E-state index contributed by atoms with van der Waals surface area (Å²) in [6, 6.07) is 11.3. The molecule has 0 bridgehead atoms. The highest BCUT2D eigenvalue weighted by Gasteiger charge is 2.44. The number of carboxylic acids is 1. The van der Waals surface area contributed by atoms with Gasteiger partial charge in [0, 0.05) is 22.7 Å². The lowest BCUT2D eigenvalue weighted by Gasteiger charge is -2.26. The van der Waals surface area contributed by atoms with Gasteiger partial charge in [-0.3, -0.25) is 4.98 Å². The Morgan fingerprint density at radius 2 is 1.79 bits per heavy atom. The topological polar surface area (TPSA) is 81.5 Å². The van der Waals surface area contributed by atoms with Gasteiger partial charge in [-0.05, 0) is 63.8 Å². The van der Waals surface area contributed by atoms with Crippen LogP contribution < -0.4 is 9.47 Å². The molecule has 6 heteroatoms. The van der Waals surface area contributed by atoms with Crippen molar-refractivity contribution in [1.82, 2.24) is 9.97 Å². The first-order valence-electron chi connectivity index (χ1n) is 9.78. The van der Waals surface area contributed by atoms with Crippen LogP contribution in [0.15, 0.2) is 36.4 Å². The van der Waals surface area contributed by atoms with Crippen LogP contribution >= 0.6 is 0 Å². The molecule has 0 spiro atoms. The number of rotatable bonds is 5. The Bertz CT molecular complexity index is 1090. The first-order chi connectivity index (χ1) is 13.9. The van der Waals surface area contributed by atoms with Crippen molar-refractivity contribution in [2.45, 2.75) is 45.1 Å². The summed E-state index contributed by atoms with van der Waals surface area (Å²) in [5, 5.41) is 10.7. The maximum Gasteiger partial charge on any atom is 0.348 e. The Hall–Kier alpha value is -3.15. The van der Waals surface area contributed by atoms with E-state index in [4.69, 9.17) is 14.5 Å². The molecule has 29 heavy (non-hydrogen) atoms. The number of nitrogens with zero attached hydrogens (tertiary/aromatic N) is 2. The summed E-state index contributed by atoms with van der Waals surface area (Å²) in [7, 11) is 1.62. The largest absolute Gasteiger partial charge is 0.496 e. The molecule has 0 unspecified atom stereocenters. The summed E-state index contributed by atoms with van der Waals surface area (Å²) in [4.78, 5) is 21.5. The minimum atomic E-state index is -1.20. The maximum atomic E-state index is 12.1. The van der Waals surface area contributed by atoms with E-state index in [0.29, 0.717) is 24.3 Å². The van der Waals surface area contributed by atoms with E-state index >= 15 is 0 Å². The summed E-state index contributed by atoms with van der Waals surface area (Å²) in [5.74, 6) is 0.322. The highest BCUT2D eigenvalue weighted by Crippen LogP contribution is 2.40. The van der Waals surface area contributed by atoms with Gasteiger partial charge >= 0.3 is 5.97 Å². The standard InChI is InChI=1S/C23H24N2O4/c1-14-7-6-8-17(24-14)18-13-20(29-23(22(26)27)11-4-5-12-23)16-9-10-19(28-3)15(2)21(16)25-18/h6-10,13H,4-5,11-12H2,1-3H3,(H,26,27). The molecule has 0 aliphatic heterocycles. The van der Waals surface area contributed by atoms with Crippen molar-refractivity contribution in [3.05, 3.63) is 47.7 Å². The Morgan fingerprint density at radius 1 is 1.03 bits per heavy atom. The summed E-state index contributed by atoms with van der Waals surface area (Å²) < 4.78 is 11.7. The normalized spacial score (nSPS) is 15.4. The lowest BCUT2D eigenvalue weighted by molar-refractivity contribution is -0.154. The number of carboxylic acid groups (broad SMARTS) is 1. The van der Waals surface area contributed by atoms with Gasteiger partial charge in [-0.2, -0.15) is 0 Å². The predicted molar refractivity (Wildman–Crippen MR) is 110 cm³/mol. The van der Waals surface area contributed by atoms with Crippen molar-refractivity contribution in [2.24, 2.45) is 0 Å². The van der Waals surface area contributed by atoms with E-state index in [-0.39, 0.29) is 0 Å². The first-order valence-corrected chi connectivity index (χ1v) is 9.78. The Balaban J connectivity index is 1.94. The average molecular weight is 392 g/mol. The molecular formula is C23H24N2O4. The minimum absolute atomic E-state index is 0.499. The van der Waals surface area contributed by atoms with Crippen molar-refractivity contribution in [3.63, 3.8) is 0 Å². The lowest BCUT2D eigenvalue weighted by Crippen LogP contribution is -2.41. The van der Waals surface area contributed by atoms with Crippen LogP contribution in [0.4, 0.5) is 0 Å². The maximum absolute atomic E-state index is 12.1. The molecular weight excluding hydrogens is 368 g/mol. The smallest absolute Gasteiger partial charge is 0.348 e. The molecule has 6 nitrogen and oxygen atoms in total. The Kier molecular flexibility index (Phi) is 4.86. The number of aryl methyl sites for hydroxylation is 2. The number of aromatic nitrogens is 2. The molecule has 0 saturated heterocycles. The van der Waals surface area contributed by atoms with Gasteiger partial charge in [0.1, 0.15) is 11.5 Å². The van der Waals surface area contributed by atoms with Crippen molar-refractivity contribution >= 4 is 16.9 Å². The second-order valence-corrected chi connectivity index (χ2v) is 7.57. The fourth-order valence-electron chi connectivity index (χ4n) is 4.02. The van der Waals surface area contributed by atoms with Crippen LogP contribution in [0.2, 0.25) is 0 Å². The monoisotopic (exact) mass is 392 g/mol. The zero-order valence-electron chi connectivity index (χ0n) is 16.9. The molecule has 1 N–H and O–H groups in total. The predicted octanol–water partition coefficient (Wildman–Crippen LogP) is 4.70. The summed E-state index contributed by atoms with van der Waals surface area (Å²) in [5.41, 5.74) is 2.64. The molecule has 2 heterocycles. The third-order valence-corrected chi connectivity index (χ3v) is 5.62.